The second kappa shape index (κ2) is 8.27. The minimum atomic E-state index is -0.191. The molecule has 0 bridgehead atoms. The van der Waals surface area contributed by atoms with E-state index in [1.165, 1.54) is 22.3 Å². The van der Waals surface area contributed by atoms with Crippen LogP contribution in [0, 0.1) is 0 Å². The van der Waals surface area contributed by atoms with E-state index in [4.69, 9.17) is 16.6 Å². The molecule has 0 radical (unpaired) electrons. The van der Waals surface area contributed by atoms with Gasteiger partial charge in [0, 0.05) is 47.8 Å². The van der Waals surface area contributed by atoms with Crippen LogP contribution in [0.3, 0.4) is 0 Å². The van der Waals surface area contributed by atoms with Gasteiger partial charge in [-0.3, -0.25) is 19.3 Å². The molecule has 0 aliphatic carbocycles. The highest BCUT2D eigenvalue weighted by atomic mass is 35.5. The fraction of sp³-hybridized carbons (Fsp3) is 0.304. The number of likely N-dealkylation sites (tertiary alicyclic amines) is 1. The molecule has 3 amide bonds. The normalized spacial score (nSPS) is 16.0. The van der Waals surface area contributed by atoms with Gasteiger partial charge in [0.25, 0.3) is 0 Å². The highest BCUT2D eigenvalue weighted by Gasteiger charge is 2.31. The van der Waals surface area contributed by atoms with Crippen molar-refractivity contribution in [2.45, 2.75) is 39.3 Å². The summed E-state index contributed by atoms with van der Waals surface area (Å²) in [5.41, 5.74) is 4.23. The summed E-state index contributed by atoms with van der Waals surface area (Å²) < 4.78 is 0. The number of nitrogens with zero attached hydrogens (tertiary/aromatic N) is 2. The highest BCUT2D eigenvalue weighted by molar-refractivity contribution is 7.19. The van der Waals surface area contributed by atoms with Gasteiger partial charge in [-0.1, -0.05) is 23.7 Å². The first-order valence-electron chi connectivity index (χ1n) is 10.5. The summed E-state index contributed by atoms with van der Waals surface area (Å²) >= 11 is 8.55. The van der Waals surface area contributed by atoms with Crippen molar-refractivity contribution in [2.75, 3.05) is 11.9 Å². The number of rotatable bonds is 4. The number of anilines is 1. The van der Waals surface area contributed by atoms with Crippen LogP contribution in [0.5, 0.6) is 0 Å². The summed E-state index contributed by atoms with van der Waals surface area (Å²) in [5, 5.41) is 7.66. The van der Waals surface area contributed by atoms with Gasteiger partial charge in [0.15, 0.2) is 0 Å². The lowest BCUT2D eigenvalue weighted by atomic mass is 9.96. The van der Waals surface area contributed by atoms with E-state index in [9.17, 15) is 14.4 Å². The number of halogens is 1. The number of carbonyl (C=O) groups excluding carboxylic acids is 3. The van der Waals surface area contributed by atoms with Gasteiger partial charge in [0.05, 0.1) is 17.3 Å². The van der Waals surface area contributed by atoms with E-state index < -0.39 is 0 Å². The van der Waals surface area contributed by atoms with Gasteiger partial charge < -0.3 is 10.6 Å². The molecule has 2 aliphatic heterocycles. The number of imide groups is 1. The Bertz CT molecular complexity index is 1250. The number of hydrogen-bond donors (Lipinski definition) is 2. The predicted octanol–water partition coefficient (Wildman–Crippen LogP) is 3.87. The van der Waals surface area contributed by atoms with Crippen molar-refractivity contribution in [2.24, 2.45) is 0 Å². The van der Waals surface area contributed by atoms with E-state index in [0.29, 0.717) is 16.4 Å². The van der Waals surface area contributed by atoms with Crippen LogP contribution in [0.15, 0.2) is 24.3 Å². The van der Waals surface area contributed by atoms with Crippen LogP contribution in [0.25, 0.3) is 21.3 Å². The van der Waals surface area contributed by atoms with Crippen molar-refractivity contribution in [3.8, 4) is 11.1 Å². The van der Waals surface area contributed by atoms with E-state index in [-0.39, 0.29) is 37.1 Å². The molecule has 0 atom stereocenters. The quantitative estimate of drug-likeness (QED) is 0.567. The summed E-state index contributed by atoms with van der Waals surface area (Å²) in [5.74, 6) is -0.517. The van der Waals surface area contributed by atoms with E-state index in [1.54, 1.807) is 11.3 Å². The monoisotopic (exact) mass is 468 g/mol. The van der Waals surface area contributed by atoms with Crippen LogP contribution in [0.1, 0.15) is 35.9 Å². The number of pyridine rings is 1. The first kappa shape index (κ1) is 21.1. The lowest BCUT2D eigenvalue weighted by Gasteiger charge is -2.18. The van der Waals surface area contributed by atoms with Crippen LogP contribution >= 0.6 is 22.9 Å². The first-order valence-corrected chi connectivity index (χ1v) is 11.7. The Balaban J connectivity index is 1.67. The summed E-state index contributed by atoms with van der Waals surface area (Å²) in [6.07, 6.45) is 1.34. The standard InChI is InChI=1S/C23H21ClN4O3S/c1-12(29)26-14-4-2-13(3-5-14)20-21-15-8-9-25-10-17(15)32-23(21)27-16(22(20)24)11-28-18(30)6-7-19(28)31/h2-5,25H,6-11H2,1H3,(H,26,29). The fourth-order valence-corrected chi connectivity index (χ4v) is 5.85. The number of amides is 3. The minimum absolute atomic E-state index is 0.0736. The maximum Gasteiger partial charge on any atom is 0.230 e. The Morgan fingerprint density at radius 2 is 1.91 bits per heavy atom. The molecule has 1 saturated heterocycles. The fourth-order valence-electron chi connectivity index (χ4n) is 4.33. The third-order valence-corrected chi connectivity index (χ3v) is 7.36. The molecule has 5 rings (SSSR count). The average Bonchev–Trinajstić information content (AvgIpc) is 3.29. The molecule has 9 heteroatoms. The molecule has 2 aromatic heterocycles. The van der Waals surface area contributed by atoms with Crippen LogP contribution < -0.4 is 10.6 Å². The summed E-state index contributed by atoms with van der Waals surface area (Å²) in [7, 11) is 0. The van der Waals surface area contributed by atoms with Gasteiger partial charge in [-0.2, -0.15) is 0 Å². The zero-order valence-corrected chi connectivity index (χ0v) is 19.0. The predicted molar refractivity (Wildman–Crippen MR) is 125 cm³/mol. The van der Waals surface area contributed by atoms with E-state index in [0.717, 1.165) is 40.9 Å². The molecule has 3 aromatic rings. The highest BCUT2D eigenvalue weighted by Crippen LogP contribution is 2.44. The molecule has 32 heavy (non-hydrogen) atoms. The summed E-state index contributed by atoms with van der Waals surface area (Å²) in [4.78, 5) is 43.9. The van der Waals surface area contributed by atoms with Gasteiger partial charge in [-0.25, -0.2) is 4.98 Å². The van der Waals surface area contributed by atoms with Gasteiger partial charge in [-0.05, 0) is 36.2 Å². The lowest BCUT2D eigenvalue weighted by molar-refractivity contribution is -0.139. The lowest BCUT2D eigenvalue weighted by Crippen LogP contribution is -2.29. The average molecular weight is 469 g/mol. The third kappa shape index (κ3) is 3.68. The number of carbonyl (C=O) groups is 3. The molecule has 7 nitrogen and oxygen atoms in total. The smallest absolute Gasteiger partial charge is 0.230 e. The largest absolute Gasteiger partial charge is 0.326 e. The van der Waals surface area contributed by atoms with Crippen molar-refractivity contribution < 1.29 is 14.4 Å². The molecule has 4 heterocycles. The molecule has 0 spiro atoms. The molecule has 164 valence electrons. The number of fused-ring (bicyclic) bond motifs is 3. The Kier molecular flexibility index (Phi) is 5.44. The van der Waals surface area contributed by atoms with Crippen molar-refractivity contribution >= 4 is 56.6 Å². The molecule has 1 fully saturated rings. The van der Waals surface area contributed by atoms with Gasteiger partial charge in [0.2, 0.25) is 17.7 Å². The number of nitrogens with one attached hydrogen (secondary N) is 2. The van der Waals surface area contributed by atoms with Crippen LogP contribution in [0.2, 0.25) is 5.02 Å². The Labute approximate surface area is 193 Å². The van der Waals surface area contributed by atoms with Crippen LogP contribution in [-0.4, -0.2) is 34.2 Å². The van der Waals surface area contributed by atoms with Gasteiger partial charge in [-0.15, -0.1) is 11.3 Å². The van der Waals surface area contributed by atoms with E-state index in [1.807, 2.05) is 24.3 Å². The molecule has 0 saturated carbocycles. The van der Waals surface area contributed by atoms with Crippen molar-refractivity contribution in [1.29, 1.82) is 0 Å². The minimum Gasteiger partial charge on any atom is -0.326 e. The van der Waals surface area contributed by atoms with Crippen molar-refractivity contribution in [3.63, 3.8) is 0 Å². The van der Waals surface area contributed by atoms with Crippen molar-refractivity contribution in [3.05, 3.63) is 45.4 Å². The maximum absolute atomic E-state index is 12.2. The van der Waals surface area contributed by atoms with Gasteiger partial charge in [0.1, 0.15) is 4.83 Å². The number of hydrogen-bond acceptors (Lipinski definition) is 6. The Morgan fingerprint density at radius 3 is 2.59 bits per heavy atom. The molecule has 2 aliphatic rings. The van der Waals surface area contributed by atoms with Crippen LogP contribution in [0.4, 0.5) is 5.69 Å². The SMILES string of the molecule is CC(=O)Nc1ccc(-c2c(Cl)c(CN3C(=O)CCC3=O)nc3sc4c(c23)CCNC4)cc1. The number of thiophene rings is 1. The summed E-state index contributed by atoms with van der Waals surface area (Å²) in [6.45, 7) is 3.21. The summed E-state index contributed by atoms with van der Waals surface area (Å²) in [6, 6.07) is 7.53. The zero-order valence-electron chi connectivity index (χ0n) is 17.5. The Hall–Kier alpha value is -2.81. The van der Waals surface area contributed by atoms with Crippen molar-refractivity contribution in [1.82, 2.24) is 15.2 Å². The second-order valence-electron chi connectivity index (χ2n) is 7.99. The topological polar surface area (TPSA) is 91.4 Å². The number of benzene rings is 1. The van der Waals surface area contributed by atoms with Gasteiger partial charge >= 0.3 is 0 Å². The molecule has 1 aromatic carbocycles. The van der Waals surface area contributed by atoms with Crippen LogP contribution in [-0.2, 0) is 33.9 Å². The zero-order chi connectivity index (χ0) is 22.4. The first-order chi connectivity index (χ1) is 15.4. The van der Waals surface area contributed by atoms with E-state index in [2.05, 4.69) is 10.6 Å². The molecular weight excluding hydrogens is 448 g/mol. The molecular formula is C23H21ClN4O3S. The number of aromatic nitrogens is 1. The maximum atomic E-state index is 12.2. The third-order valence-electron chi connectivity index (χ3n) is 5.83. The molecule has 2 N–H and O–H groups in total. The molecule has 0 unspecified atom stereocenters. The van der Waals surface area contributed by atoms with E-state index >= 15 is 0 Å². The Morgan fingerprint density at radius 1 is 1.19 bits per heavy atom. The second-order valence-corrected chi connectivity index (χ2v) is 9.45.